The van der Waals surface area contributed by atoms with Crippen molar-refractivity contribution in [1.29, 1.82) is 0 Å². The third-order valence-electron chi connectivity index (χ3n) is 4.73. The molecule has 0 spiro atoms. The molecule has 2 aromatic carbocycles. The first-order valence-corrected chi connectivity index (χ1v) is 9.70. The fourth-order valence-corrected chi connectivity index (χ4v) is 3.38. The highest BCUT2D eigenvalue weighted by atomic mass is 16.6. The van der Waals surface area contributed by atoms with Gasteiger partial charge < -0.3 is 14.9 Å². The quantitative estimate of drug-likeness (QED) is 0.420. The van der Waals surface area contributed by atoms with Gasteiger partial charge in [0, 0.05) is 18.1 Å². The number of hydrogen-bond donors (Lipinski definition) is 3. The smallest absolute Gasteiger partial charge is 0.412 e. The molecule has 0 saturated heterocycles. The standard InChI is InChI=1S/C22H20N4O6/c1-22(2,3)32-21(31)25-12-6-4-11(5-7-12)10-26-19(29)13-14(20(26)30)18(28)16-15(17(13)27)23-8-9-24-16/h4-9,27-28H,10H2,1-3H3,(H,25,31). The van der Waals surface area contributed by atoms with Gasteiger partial charge in [-0.3, -0.25) is 19.8 Å². The van der Waals surface area contributed by atoms with E-state index in [-0.39, 0.29) is 28.7 Å². The summed E-state index contributed by atoms with van der Waals surface area (Å²) in [6.45, 7) is 5.16. The van der Waals surface area contributed by atoms with Crippen molar-refractivity contribution in [2.24, 2.45) is 0 Å². The molecule has 3 aromatic rings. The predicted octanol–water partition coefficient (Wildman–Crippen LogP) is 3.18. The van der Waals surface area contributed by atoms with Crippen molar-refractivity contribution in [3.05, 3.63) is 53.3 Å². The summed E-state index contributed by atoms with van der Waals surface area (Å²) in [4.78, 5) is 46.5. The maximum absolute atomic E-state index is 12.9. The van der Waals surface area contributed by atoms with E-state index in [9.17, 15) is 24.6 Å². The molecule has 32 heavy (non-hydrogen) atoms. The van der Waals surface area contributed by atoms with Gasteiger partial charge in [0.25, 0.3) is 11.8 Å². The number of phenols is 2. The lowest BCUT2D eigenvalue weighted by Gasteiger charge is -2.19. The van der Waals surface area contributed by atoms with Gasteiger partial charge in [0.1, 0.15) is 27.8 Å². The first kappa shape index (κ1) is 21.0. The average Bonchev–Trinajstić information content (AvgIpc) is 2.97. The summed E-state index contributed by atoms with van der Waals surface area (Å²) in [6.07, 6.45) is 2.00. The highest BCUT2D eigenvalue weighted by molar-refractivity contribution is 6.26. The Labute approximate surface area is 182 Å². The zero-order valence-corrected chi connectivity index (χ0v) is 17.5. The number of amides is 3. The van der Waals surface area contributed by atoms with Crippen LogP contribution in [0.3, 0.4) is 0 Å². The molecule has 1 aromatic heterocycles. The number of rotatable bonds is 3. The second-order valence-corrected chi connectivity index (χ2v) is 8.22. The number of aromatic hydroxyl groups is 2. The minimum Gasteiger partial charge on any atom is -0.505 e. The Morgan fingerprint density at radius 1 is 0.969 bits per heavy atom. The maximum atomic E-state index is 12.9. The molecular weight excluding hydrogens is 416 g/mol. The number of fused-ring (bicyclic) bond motifs is 2. The van der Waals surface area contributed by atoms with Gasteiger partial charge in [-0.1, -0.05) is 12.1 Å². The molecule has 0 fully saturated rings. The molecule has 0 bridgehead atoms. The van der Waals surface area contributed by atoms with E-state index in [1.165, 1.54) is 12.4 Å². The summed E-state index contributed by atoms with van der Waals surface area (Å²) < 4.78 is 5.19. The number of carbonyl (C=O) groups excluding carboxylic acids is 3. The number of imide groups is 1. The van der Waals surface area contributed by atoms with Gasteiger partial charge >= 0.3 is 6.09 Å². The van der Waals surface area contributed by atoms with E-state index in [4.69, 9.17) is 4.74 Å². The first-order valence-electron chi connectivity index (χ1n) is 9.70. The Balaban J connectivity index is 1.57. The highest BCUT2D eigenvalue weighted by Crippen LogP contribution is 2.42. The van der Waals surface area contributed by atoms with Crippen LogP contribution in [0, 0.1) is 0 Å². The van der Waals surface area contributed by atoms with E-state index in [2.05, 4.69) is 15.3 Å². The van der Waals surface area contributed by atoms with Gasteiger partial charge in [0.15, 0.2) is 11.5 Å². The number of nitrogens with one attached hydrogen (secondary N) is 1. The summed E-state index contributed by atoms with van der Waals surface area (Å²) in [5.74, 6) is -2.50. The number of benzene rings is 2. The van der Waals surface area contributed by atoms with E-state index < -0.39 is 35.0 Å². The molecule has 0 atom stereocenters. The number of phenolic OH excluding ortho intramolecular Hbond substituents is 2. The Morgan fingerprint density at radius 3 is 1.94 bits per heavy atom. The van der Waals surface area contributed by atoms with Crippen molar-refractivity contribution >= 4 is 34.6 Å². The Hall–Kier alpha value is -4.21. The van der Waals surface area contributed by atoms with Gasteiger partial charge in [-0.15, -0.1) is 0 Å². The fraction of sp³-hybridized carbons (Fsp3) is 0.227. The number of anilines is 1. The second kappa shape index (κ2) is 7.49. The number of hydrogen-bond acceptors (Lipinski definition) is 8. The van der Waals surface area contributed by atoms with Gasteiger partial charge in [-0.05, 0) is 38.5 Å². The molecule has 10 heteroatoms. The number of ether oxygens (including phenoxy) is 1. The van der Waals surface area contributed by atoms with Crippen LogP contribution >= 0.6 is 0 Å². The zero-order valence-electron chi connectivity index (χ0n) is 17.5. The van der Waals surface area contributed by atoms with Crippen LogP contribution in [0.2, 0.25) is 0 Å². The van der Waals surface area contributed by atoms with Crippen molar-refractivity contribution in [3.8, 4) is 11.5 Å². The number of nitrogens with zero attached hydrogens (tertiary/aromatic N) is 3. The average molecular weight is 436 g/mol. The molecule has 3 amide bonds. The molecule has 0 saturated carbocycles. The second-order valence-electron chi connectivity index (χ2n) is 8.22. The normalized spacial score (nSPS) is 13.4. The van der Waals surface area contributed by atoms with Crippen molar-refractivity contribution in [2.75, 3.05) is 5.32 Å². The van der Waals surface area contributed by atoms with Crippen LogP contribution in [0.4, 0.5) is 10.5 Å². The topological polar surface area (TPSA) is 142 Å². The zero-order chi connectivity index (χ0) is 23.2. The van der Waals surface area contributed by atoms with Crippen molar-refractivity contribution in [2.45, 2.75) is 32.9 Å². The minimum atomic E-state index is -0.749. The first-order chi connectivity index (χ1) is 15.1. The lowest BCUT2D eigenvalue weighted by Crippen LogP contribution is -2.29. The molecule has 10 nitrogen and oxygen atoms in total. The van der Waals surface area contributed by atoms with E-state index in [0.717, 1.165) is 4.90 Å². The highest BCUT2D eigenvalue weighted by Gasteiger charge is 2.42. The summed E-state index contributed by atoms with van der Waals surface area (Å²) in [6, 6.07) is 6.48. The van der Waals surface area contributed by atoms with Crippen molar-refractivity contribution < 1.29 is 29.3 Å². The van der Waals surface area contributed by atoms with E-state index in [1.54, 1.807) is 45.0 Å². The summed E-state index contributed by atoms with van der Waals surface area (Å²) in [7, 11) is 0. The molecule has 1 aliphatic rings. The molecule has 0 unspecified atom stereocenters. The molecule has 2 heterocycles. The number of aromatic nitrogens is 2. The number of carbonyl (C=O) groups is 3. The Bertz CT molecular complexity index is 1200. The summed E-state index contributed by atoms with van der Waals surface area (Å²) in [5.41, 5.74) is -0.304. The monoisotopic (exact) mass is 436 g/mol. The van der Waals surface area contributed by atoms with Gasteiger partial charge in [-0.25, -0.2) is 14.8 Å². The van der Waals surface area contributed by atoms with Crippen LogP contribution in [-0.2, 0) is 11.3 Å². The van der Waals surface area contributed by atoms with E-state index in [0.29, 0.717) is 11.3 Å². The van der Waals surface area contributed by atoms with Crippen LogP contribution in [0.15, 0.2) is 36.7 Å². The molecule has 1 aliphatic heterocycles. The summed E-state index contributed by atoms with van der Waals surface area (Å²) >= 11 is 0. The minimum absolute atomic E-state index is 0.0654. The largest absolute Gasteiger partial charge is 0.505 e. The maximum Gasteiger partial charge on any atom is 0.412 e. The fourth-order valence-electron chi connectivity index (χ4n) is 3.38. The lowest BCUT2D eigenvalue weighted by atomic mass is 10.1. The molecule has 3 N–H and O–H groups in total. The molecule has 0 aliphatic carbocycles. The van der Waals surface area contributed by atoms with Gasteiger partial charge in [0.2, 0.25) is 0 Å². The van der Waals surface area contributed by atoms with Crippen LogP contribution in [0.25, 0.3) is 11.0 Å². The lowest BCUT2D eigenvalue weighted by molar-refractivity contribution is 0.0625. The van der Waals surface area contributed by atoms with Gasteiger partial charge in [0.05, 0.1) is 6.54 Å². The summed E-state index contributed by atoms with van der Waals surface area (Å²) in [5, 5.41) is 23.6. The van der Waals surface area contributed by atoms with Crippen LogP contribution in [-0.4, -0.2) is 48.6 Å². The SMILES string of the molecule is CC(C)(C)OC(=O)Nc1ccc(CN2C(=O)c3c(c(O)c4nccnc4c3O)C2=O)cc1. The molecule has 164 valence electrons. The van der Waals surface area contributed by atoms with Crippen molar-refractivity contribution in [1.82, 2.24) is 14.9 Å². The van der Waals surface area contributed by atoms with E-state index in [1.807, 2.05) is 0 Å². The molecule has 4 rings (SSSR count). The van der Waals surface area contributed by atoms with E-state index >= 15 is 0 Å². The van der Waals surface area contributed by atoms with Crippen LogP contribution in [0.5, 0.6) is 11.5 Å². The van der Waals surface area contributed by atoms with Crippen LogP contribution < -0.4 is 5.32 Å². The van der Waals surface area contributed by atoms with Gasteiger partial charge in [-0.2, -0.15) is 0 Å². The Morgan fingerprint density at radius 2 is 1.47 bits per heavy atom. The third-order valence-corrected chi connectivity index (χ3v) is 4.73. The van der Waals surface area contributed by atoms with Crippen LogP contribution in [0.1, 0.15) is 47.1 Å². The molecule has 0 radical (unpaired) electrons. The molecular formula is C22H20N4O6. The third kappa shape index (κ3) is 3.66. The van der Waals surface area contributed by atoms with Crippen molar-refractivity contribution in [3.63, 3.8) is 0 Å². The Kier molecular flexibility index (Phi) is 4.92. The predicted molar refractivity (Wildman–Crippen MR) is 113 cm³/mol.